The third-order valence-corrected chi connectivity index (χ3v) is 2.22. The largest absolute Gasteiger partial charge is 0.497 e. The second-order valence-electron chi connectivity index (χ2n) is 3.26. The van der Waals surface area contributed by atoms with Crippen LogP contribution in [0.1, 0.15) is 6.92 Å². The van der Waals surface area contributed by atoms with E-state index in [0.717, 1.165) is 17.1 Å². The van der Waals surface area contributed by atoms with Crippen LogP contribution in [-0.4, -0.2) is 23.7 Å². The van der Waals surface area contributed by atoms with E-state index in [9.17, 15) is 0 Å². The Morgan fingerprint density at radius 1 is 1.25 bits per heavy atom. The Kier molecular flexibility index (Phi) is 3.10. The van der Waals surface area contributed by atoms with Gasteiger partial charge in [0.2, 0.25) is 5.88 Å². The molecule has 0 aliphatic carbocycles. The number of imidazole rings is 1. The molecule has 0 radical (unpaired) electrons. The van der Waals surface area contributed by atoms with Gasteiger partial charge in [-0.3, -0.25) is 0 Å². The van der Waals surface area contributed by atoms with Gasteiger partial charge in [0.15, 0.2) is 0 Å². The topological polar surface area (TPSA) is 47.1 Å². The van der Waals surface area contributed by atoms with E-state index in [1.165, 1.54) is 0 Å². The molecule has 0 saturated carbocycles. The molecular formula is C12H14N2O2. The second kappa shape index (κ2) is 4.70. The van der Waals surface area contributed by atoms with Crippen molar-refractivity contribution in [2.24, 2.45) is 0 Å². The van der Waals surface area contributed by atoms with E-state index in [1.54, 1.807) is 13.3 Å². The van der Waals surface area contributed by atoms with Gasteiger partial charge in [-0.05, 0) is 31.2 Å². The van der Waals surface area contributed by atoms with Crippen molar-refractivity contribution in [3.05, 3.63) is 30.5 Å². The smallest absolute Gasteiger partial charge is 0.211 e. The highest BCUT2D eigenvalue weighted by molar-refractivity contribution is 5.56. The zero-order valence-corrected chi connectivity index (χ0v) is 9.36. The maximum Gasteiger partial charge on any atom is 0.211 e. The summed E-state index contributed by atoms with van der Waals surface area (Å²) < 4.78 is 10.4. The molecule has 1 aromatic heterocycles. The average molecular weight is 218 g/mol. The molecule has 16 heavy (non-hydrogen) atoms. The number of methoxy groups -OCH3 is 1. The first kappa shape index (κ1) is 10.5. The SMILES string of the molecule is CCOc1cnc(-c2ccc(OC)cc2)[nH]1. The number of hydrogen-bond acceptors (Lipinski definition) is 3. The number of hydrogen-bond donors (Lipinski definition) is 1. The van der Waals surface area contributed by atoms with Gasteiger partial charge in [0.05, 0.1) is 19.9 Å². The predicted octanol–water partition coefficient (Wildman–Crippen LogP) is 2.48. The van der Waals surface area contributed by atoms with Crippen molar-refractivity contribution in [1.82, 2.24) is 9.97 Å². The summed E-state index contributed by atoms with van der Waals surface area (Å²) in [5.41, 5.74) is 1.01. The summed E-state index contributed by atoms with van der Waals surface area (Å²) in [6.07, 6.45) is 1.68. The maximum atomic E-state index is 5.31. The van der Waals surface area contributed by atoms with Gasteiger partial charge in [-0.2, -0.15) is 0 Å². The number of benzene rings is 1. The third-order valence-electron chi connectivity index (χ3n) is 2.22. The molecule has 0 atom stereocenters. The highest BCUT2D eigenvalue weighted by atomic mass is 16.5. The fourth-order valence-electron chi connectivity index (χ4n) is 1.43. The van der Waals surface area contributed by atoms with E-state index >= 15 is 0 Å². The Morgan fingerprint density at radius 2 is 2.00 bits per heavy atom. The first-order chi connectivity index (χ1) is 7.83. The summed E-state index contributed by atoms with van der Waals surface area (Å²) in [5.74, 6) is 2.32. The summed E-state index contributed by atoms with van der Waals surface area (Å²) in [7, 11) is 1.65. The summed E-state index contributed by atoms with van der Waals surface area (Å²) in [6.45, 7) is 2.57. The molecule has 1 heterocycles. The van der Waals surface area contributed by atoms with Crippen LogP contribution in [0.15, 0.2) is 30.5 Å². The van der Waals surface area contributed by atoms with Gasteiger partial charge in [0.1, 0.15) is 11.6 Å². The molecule has 4 nitrogen and oxygen atoms in total. The van der Waals surface area contributed by atoms with Gasteiger partial charge in [0, 0.05) is 5.56 Å². The van der Waals surface area contributed by atoms with Crippen LogP contribution in [0.25, 0.3) is 11.4 Å². The monoisotopic (exact) mass is 218 g/mol. The van der Waals surface area contributed by atoms with Crippen LogP contribution < -0.4 is 9.47 Å². The third kappa shape index (κ3) is 2.16. The van der Waals surface area contributed by atoms with Crippen molar-refractivity contribution in [2.75, 3.05) is 13.7 Å². The molecule has 0 spiro atoms. The highest BCUT2D eigenvalue weighted by Gasteiger charge is 2.03. The average Bonchev–Trinajstić information content (AvgIpc) is 2.78. The molecule has 0 unspecified atom stereocenters. The fraction of sp³-hybridized carbons (Fsp3) is 0.250. The Labute approximate surface area is 94.2 Å². The quantitative estimate of drug-likeness (QED) is 0.857. The summed E-state index contributed by atoms with van der Waals surface area (Å²) in [5, 5.41) is 0. The number of H-pyrrole nitrogens is 1. The Balaban J connectivity index is 2.21. The predicted molar refractivity (Wildman–Crippen MR) is 61.7 cm³/mol. The lowest BCUT2D eigenvalue weighted by molar-refractivity contribution is 0.328. The lowest BCUT2D eigenvalue weighted by Crippen LogP contribution is -1.90. The van der Waals surface area contributed by atoms with Crippen LogP contribution in [0.5, 0.6) is 11.6 Å². The molecule has 2 aromatic rings. The number of nitrogens with zero attached hydrogens (tertiary/aromatic N) is 1. The summed E-state index contributed by atoms with van der Waals surface area (Å²) in [4.78, 5) is 7.33. The van der Waals surface area contributed by atoms with Crippen LogP contribution >= 0.6 is 0 Å². The number of nitrogens with one attached hydrogen (secondary N) is 1. The van der Waals surface area contributed by atoms with E-state index < -0.39 is 0 Å². The van der Waals surface area contributed by atoms with Gasteiger partial charge < -0.3 is 14.5 Å². The lowest BCUT2D eigenvalue weighted by atomic mass is 10.2. The van der Waals surface area contributed by atoms with Crippen molar-refractivity contribution < 1.29 is 9.47 Å². The van der Waals surface area contributed by atoms with Crippen molar-refractivity contribution in [3.8, 4) is 23.0 Å². The number of rotatable bonds is 4. The minimum absolute atomic E-state index is 0.629. The number of ether oxygens (including phenoxy) is 2. The van der Waals surface area contributed by atoms with Crippen molar-refractivity contribution in [3.63, 3.8) is 0 Å². The highest BCUT2D eigenvalue weighted by Crippen LogP contribution is 2.21. The summed E-state index contributed by atoms with van der Waals surface area (Å²) >= 11 is 0. The molecule has 0 fully saturated rings. The zero-order valence-electron chi connectivity index (χ0n) is 9.36. The maximum absolute atomic E-state index is 5.31. The first-order valence-corrected chi connectivity index (χ1v) is 5.15. The van der Waals surface area contributed by atoms with E-state index in [0.29, 0.717) is 12.5 Å². The van der Waals surface area contributed by atoms with E-state index in [-0.39, 0.29) is 0 Å². The second-order valence-corrected chi connectivity index (χ2v) is 3.26. The minimum atomic E-state index is 0.629. The molecule has 0 bridgehead atoms. The molecule has 0 aliphatic rings. The molecule has 0 saturated heterocycles. The van der Waals surface area contributed by atoms with Gasteiger partial charge in [-0.1, -0.05) is 0 Å². The van der Waals surface area contributed by atoms with Crippen molar-refractivity contribution in [2.45, 2.75) is 6.92 Å². The molecule has 1 aromatic carbocycles. The molecular weight excluding hydrogens is 204 g/mol. The van der Waals surface area contributed by atoms with Crippen LogP contribution in [0.2, 0.25) is 0 Å². The lowest BCUT2D eigenvalue weighted by Gasteiger charge is -2.00. The van der Waals surface area contributed by atoms with Gasteiger partial charge in [0.25, 0.3) is 0 Å². The number of aromatic nitrogens is 2. The number of aromatic amines is 1. The van der Waals surface area contributed by atoms with Crippen LogP contribution in [0.4, 0.5) is 0 Å². The molecule has 84 valence electrons. The van der Waals surface area contributed by atoms with Crippen LogP contribution in [0.3, 0.4) is 0 Å². The van der Waals surface area contributed by atoms with Crippen LogP contribution in [0, 0.1) is 0 Å². The normalized spacial score (nSPS) is 10.1. The first-order valence-electron chi connectivity index (χ1n) is 5.15. The van der Waals surface area contributed by atoms with Gasteiger partial charge >= 0.3 is 0 Å². The summed E-state index contributed by atoms with van der Waals surface area (Å²) in [6, 6.07) is 7.71. The minimum Gasteiger partial charge on any atom is -0.497 e. The zero-order chi connectivity index (χ0) is 11.4. The molecule has 0 amide bonds. The molecule has 4 heteroatoms. The molecule has 2 rings (SSSR count). The standard InChI is InChI=1S/C12H14N2O2/c1-3-16-11-8-13-12(14-11)9-4-6-10(15-2)7-5-9/h4-8H,3H2,1-2H3,(H,13,14). The van der Waals surface area contributed by atoms with E-state index in [4.69, 9.17) is 9.47 Å². The molecule has 1 N–H and O–H groups in total. The van der Waals surface area contributed by atoms with Crippen LogP contribution in [-0.2, 0) is 0 Å². The van der Waals surface area contributed by atoms with Gasteiger partial charge in [-0.25, -0.2) is 4.98 Å². The van der Waals surface area contributed by atoms with E-state index in [2.05, 4.69) is 9.97 Å². The Bertz CT molecular complexity index is 448. The van der Waals surface area contributed by atoms with Gasteiger partial charge in [-0.15, -0.1) is 0 Å². The van der Waals surface area contributed by atoms with Crippen molar-refractivity contribution >= 4 is 0 Å². The van der Waals surface area contributed by atoms with E-state index in [1.807, 2.05) is 31.2 Å². The Hall–Kier alpha value is -1.97. The Morgan fingerprint density at radius 3 is 2.62 bits per heavy atom. The van der Waals surface area contributed by atoms with Crippen molar-refractivity contribution in [1.29, 1.82) is 0 Å². The molecule has 0 aliphatic heterocycles. The fourth-order valence-corrected chi connectivity index (χ4v) is 1.43.